The van der Waals surface area contributed by atoms with Gasteiger partial charge >= 0.3 is 5.70 Å². The lowest BCUT2D eigenvalue weighted by atomic mass is 10.5. The Bertz CT molecular complexity index is 227. The van der Waals surface area contributed by atoms with Crippen LogP contribution in [0.1, 0.15) is 0 Å². The maximum Gasteiger partial charge on any atom is 0.347 e. The summed E-state index contributed by atoms with van der Waals surface area (Å²) in [6.45, 7) is 0. The summed E-state index contributed by atoms with van der Waals surface area (Å²) >= 11 is 0. The van der Waals surface area contributed by atoms with Crippen LogP contribution in [-0.2, 0) is 0 Å². The molecule has 68 valence electrons. The van der Waals surface area contributed by atoms with E-state index in [9.17, 15) is 10.1 Å². The minimum absolute atomic E-state index is 0.0741. The van der Waals surface area contributed by atoms with Crippen molar-refractivity contribution in [1.29, 1.82) is 0 Å². The smallest absolute Gasteiger partial charge is 0.347 e. The summed E-state index contributed by atoms with van der Waals surface area (Å²) in [7, 11) is 6.97. The van der Waals surface area contributed by atoms with Gasteiger partial charge in [-0.2, -0.15) is 0 Å². The lowest BCUT2D eigenvalue weighted by molar-refractivity contribution is -0.473. The first kappa shape index (κ1) is 10.6. The summed E-state index contributed by atoms with van der Waals surface area (Å²) in [6.07, 6.45) is 2.92. The first-order valence-corrected chi connectivity index (χ1v) is 3.47. The summed E-state index contributed by atoms with van der Waals surface area (Å²) in [5, 5.41) is 10.4. The van der Waals surface area contributed by atoms with Gasteiger partial charge in [0.25, 0.3) is 0 Å². The molecule has 0 saturated carbocycles. The largest absolute Gasteiger partial charge is 0.378 e. The molecule has 0 amide bonds. The van der Waals surface area contributed by atoms with E-state index >= 15 is 0 Å². The predicted molar refractivity (Wildman–Crippen MR) is 46.9 cm³/mol. The highest BCUT2D eigenvalue weighted by Crippen LogP contribution is 1.92. The highest BCUT2D eigenvalue weighted by molar-refractivity contribution is 5.70. The van der Waals surface area contributed by atoms with Gasteiger partial charge in [0.05, 0.1) is 11.1 Å². The molecule has 0 saturated heterocycles. The van der Waals surface area contributed by atoms with E-state index in [1.807, 2.05) is 0 Å². The second kappa shape index (κ2) is 4.48. The van der Waals surface area contributed by atoms with Crippen LogP contribution < -0.4 is 0 Å². The van der Waals surface area contributed by atoms with Crippen molar-refractivity contribution in [2.75, 3.05) is 28.2 Å². The molecule has 0 bridgehead atoms. The van der Waals surface area contributed by atoms with E-state index in [0.717, 1.165) is 0 Å². The van der Waals surface area contributed by atoms with E-state index in [4.69, 9.17) is 0 Å². The molecule has 0 unspecified atom stereocenters. The van der Waals surface area contributed by atoms with Gasteiger partial charge in [0.2, 0.25) is 6.21 Å². The monoisotopic (exact) mass is 172 g/mol. The Labute approximate surface area is 71.8 Å². The molecule has 0 aromatic rings. The van der Waals surface area contributed by atoms with Gasteiger partial charge in [-0.1, -0.05) is 0 Å². The summed E-state index contributed by atoms with van der Waals surface area (Å²) in [5.41, 5.74) is 0.0741. The van der Waals surface area contributed by atoms with Gasteiger partial charge in [0.15, 0.2) is 0 Å². The molecular formula is C7H14N3O2+. The van der Waals surface area contributed by atoms with Crippen LogP contribution in [0.2, 0.25) is 0 Å². The Kier molecular flexibility index (Phi) is 3.96. The highest BCUT2D eigenvalue weighted by atomic mass is 16.6. The van der Waals surface area contributed by atoms with Crippen LogP contribution in [-0.4, -0.2) is 48.8 Å². The zero-order chi connectivity index (χ0) is 9.72. The average molecular weight is 172 g/mol. The summed E-state index contributed by atoms with van der Waals surface area (Å²) in [5.74, 6) is 0. The van der Waals surface area contributed by atoms with Crippen molar-refractivity contribution in [3.63, 3.8) is 0 Å². The highest BCUT2D eigenvalue weighted by Gasteiger charge is 2.11. The molecule has 0 heterocycles. The fourth-order valence-corrected chi connectivity index (χ4v) is 0.657. The van der Waals surface area contributed by atoms with Crippen LogP contribution in [0, 0.1) is 10.1 Å². The molecule has 0 aromatic carbocycles. The molecule has 0 spiro atoms. The Morgan fingerprint density at radius 3 is 2.17 bits per heavy atom. The predicted octanol–water partition coefficient (Wildman–Crippen LogP) is 0.00900. The van der Waals surface area contributed by atoms with Crippen LogP contribution in [0.15, 0.2) is 11.9 Å². The van der Waals surface area contributed by atoms with E-state index in [1.54, 1.807) is 37.7 Å². The maximum absolute atomic E-state index is 10.4. The molecule has 0 aliphatic carbocycles. The van der Waals surface area contributed by atoms with Crippen molar-refractivity contribution in [3.05, 3.63) is 22.0 Å². The molecule has 0 aliphatic rings. The van der Waals surface area contributed by atoms with Crippen molar-refractivity contribution < 1.29 is 9.50 Å². The van der Waals surface area contributed by atoms with E-state index in [1.165, 1.54) is 12.4 Å². The second-order valence-electron chi connectivity index (χ2n) is 2.87. The van der Waals surface area contributed by atoms with Crippen LogP contribution in [0.3, 0.4) is 0 Å². The van der Waals surface area contributed by atoms with Gasteiger partial charge in [0.1, 0.15) is 14.1 Å². The van der Waals surface area contributed by atoms with Gasteiger partial charge in [-0.05, 0) is 0 Å². The molecule has 5 nitrogen and oxygen atoms in total. The van der Waals surface area contributed by atoms with Gasteiger partial charge in [-0.3, -0.25) is 10.1 Å². The van der Waals surface area contributed by atoms with E-state index in [-0.39, 0.29) is 5.70 Å². The van der Waals surface area contributed by atoms with Crippen molar-refractivity contribution >= 4 is 6.21 Å². The standard InChI is InChI=1S/C7H14N3O2/c1-8(2)5-7(10(11)12)6-9(3)4/h5-6H,1-4H3/q+1. The van der Waals surface area contributed by atoms with Crippen LogP contribution in [0.5, 0.6) is 0 Å². The van der Waals surface area contributed by atoms with E-state index in [2.05, 4.69) is 0 Å². The molecule has 0 rings (SSSR count). The number of nitro groups is 1. The first-order chi connectivity index (χ1) is 5.43. The lowest BCUT2D eigenvalue weighted by Crippen LogP contribution is -2.12. The van der Waals surface area contributed by atoms with Gasteiger partial charge < -0.3 is 4.90 Å². The van der Waals surface area contributed by atoms with E-state index in [0.29, 0.717) is 0 Å². The Morgan fingerprint density at radius 1 is 1.42 bits per heavy atom. The Balaban J connectivity index is 4.68. The summed E-state index contributed by atoms with van der Waals surface area (Å²) in [6, 6.07) is 0. The zero-order valence-corrected chi connectivity index (χ0v) is 7.81. The maximum atomic E-state index is 10.4. The molecule has 0 atom stereocenters. The normalized spacial score (nSPS) is 10.8. The number of hydrogen-bond donors (Lipinski definition) is 0. The third-order valence-electron chi connectivity index (χ3n) is 0.992. The number of hydrogen-bond acceptors (Lipinski definition) is 3. The molecule has 0 radical (unpaired) electrons. The molecule has 0 N–H and O–H groups in total. The van der Waals surface area contributed by atoms with Crippen LogP contribution in [0.25, 0.3) is 0 Å². The molecule has 0 aliphatic heterocycles. The SMILES string of the molecule is CN(C)/C=C(/C=[N+](C)C)[N+](=O)[O-]. The molecule has 5 heteroatoms. The number of rotatable bonds is 3. The quantitative estimate of drug-likeness (QED) is 0.261. The van der Waals surface area contributed by atoms with E-state index < -0.39 is 4.92 Å². The molecular weight excluding hydrogens is 158 g/mol. The third kappa shape index (κ3) is 4.43. The summed E-state index contributed by atoms with van der Waals surface area (Å²) < 4.78 is 1.64. The lowest BCUT2D eigenvalue weighted by Gasteiger charge is -2.01. The fourth-order valence-electron chi connectivity index (χ4n) is 0.657. The Hall–Kier alpha value is -1.39. The number of allylic oxidation sites excluding steroid dienone is 1. The van der Waals surface area contributed by atoms with Crippen molar-refractivity contribution in [3.8, 4) is 0 Å². The Morgan fingerprint density at radius 2 is 1.92 bits per heavy atom. The van der Waals surface area contributed by atoms with Crippen LogP contribution >= 0.6 is 0 Å². The first-order valence-electron chi connectivity index (χ1n) is 3.47. The minimum atomic E-state index is -0.417. The average Bonchev–Trinajstić information content (AvgIpc) is 1.83. The van der Waals surface area contributed by atoms with Gasteiger partial charge in [-0.25, -0.2) is 4.58 Å². The van der Waals surface area contributed by atoms with Crippen molar-refractivity contribution in [2.24, 2.45) is 0 Å². The van der Waals surface area contributed by atoms with Gasteiger partial charge in [0, 0.05) is 14.1 Å². The third-order valence-corrected chi connectivity index (χ3v) is 0.992. The molecule has 0 fully saturated rings. The summed E-state index contributed by atoms with van der Waals surface area (Å²) in [4.78, 5) is 11.6. The van der Waals surface area contributed by atoms with Crippen molar-refractivity contribution in [1.82, 2.24) is 4.90 Å². The minimum Gasteiger partial charge on any atom is -0.378 e. The van der Waals surface area contributed by atoms with Gasteiger partial charge in [-0.15, -0.1) is 0 Å². The molecule has 12 heavy (non-hydrogen) atoms. The van der Waals surface area contributed by atoms with Crippen molar-refractivity contribution in [2.45, 2.75) is 0 Å². The molecule has 0 aromatic heterocycles. The van der Waals surface area contributed by atoms with Crippen LogP contribution in [0.4, 0.5) is 0 Å². The zero-order valence-electron chi connectivity index (χ0n) is 7.81. The topological polar surface area (TPSA) is 49.4 Å². The second-order valence-corrected chi connectivity index (χ2v) is 2.87. The number of nitrogens with zero attached hydrogens (tertiary/aromatic N) is 3. The fraction of sp³-hybridized carbons (Fsp3) is 0.571.